The number of nitrogens with zero attached hydrogens (tertiary/aromatic N) is 5. The molecule has 1 amide bonds. The number of ether oxygens (including phenoxy) is 1. The van der Waals surface area contributed by atoms with Crippen molar-refractivity contribution in [2.45, 2.75) is 6.92 Å². The van der Waals surface area contributed by atoms with Crippen molar-refractivity contribution >= 4 is 22.8 Å². The zero-order chi connectivity index (χ0) is 20.9. The number of aromatic nitrogens is 4. The molecule has 2 aromatic carbocycles. The van der Waals surface area contributed by atoms with Crippen molar-refractivity contribution in [2.75, 3.05) is 12.3 Å². The molecule has 0 saturated carbocycles. The highest BCUT2D eigenvalue weighted by atomic mass is 16.7. The second-order valence-corrected chi connectivity index (χ2v) is 6.26. The highest BCUT2D eigenvalue weighted by Gasteiger charge is 2.17. The molecule has 0 radical (unpaired) electrons. The van der Waals surface area contributed by atoms with Crippen LogP contribution in [0.25, 0.3) is 22.2 Å². The Kier molecular flexibility index (Phi) is 5.33. The summed E-state index contributed by atoms with van der Waals surface area (Å²) in [6.07, 6.45) is 3.16. The summed E-state index contributed by atoms with van der Waals surface area (Å²) in [5.74, 6) is 0.896. The minimum atomic E-state index is -0.353. The van der Waals surface area contributed by atoms with Crippen LogP contribution >= 0.6 is 0 Å². The van der Waals surface area contributed by atoms with Crippen LogP contribution in [0.3, 0.4) is 0 Å². The monoisotopic (exact) mass is 402 g/mol. The second-order valence-electron chi connectivity index (χ2n) is 6.26. The quantitative estimate of drug-likeness (QED) is 0.491. The molecule has 30 heavy (non-hydrogen) atoms. The summed E-state index contributed by atoms with van der Waals surface area (Å²) >= 11 is 0. The maximum atomic E-state index is 11.7. The molecule has 2 aromatic heterocycles. The smallest absolute Gasteiger partial charge is 0.301 e. The topological polar surface area (TPSA) is 102 Å². The summed E-state index contributed by atoms with van der Waals surface area (Å²) in [4.78, 5) is 26.2. The van der Waals surface area contributed by atoms with E-state index < -0.39 is 0 Å². The summed E-state index contributed by atoms with van der Waals surface area (Å²) in [6.45, 7) is 1.36. The lowest BCUT2D eigenvalue weighted by Gasteiger charge is -2.21. The maximum absolute atomic E-state index is 11.7. The molecule has 150 valence electrons. The van der Waals surface area contributed by atoms with E-state index in [0.29, 0.717) is 17.2 Å². The molecule has 9 nitrogen and oxygen atoms in total. The fourth-order valence-electron chi connectivity index (χ4n) is 2.78. The van der Waals surface area contributed by atoms with Gasteiger partial charge in [-0.25, -0.2) is 10.4 Å². The molecule has 0 aliphatic heterocycles. The maximum Gasteiger partial charge on any atom is 0.301 e. The van der Waals surface area contributed by atoms with Crippen molar-refractivity contribution in [1.29, 1.82) is 0 Å². The molecule has 0 unspecified atom stereocenters. The Labute approximate surface area is 172 Å². The first-order chi connectivity index (χ1) is 14.6. The van der Waals surface area contributed by atoms with Crippen LogP contribution in [-0.4, -0.2) is 33.2 Å². The largest absolute Gasteiger partial charge is 0.497 e. The van der Waals surface area contributed by atoms with E-state index in [1.807, 2.05) is 48.5 Å². The van der Waals surface area contributed by atoms with Gasteiger partial charge < -0.3 is 9.57 Å². The predicted octanol–water partition coefficient (Wildman–Crippen LogP) is 2.95. The van der Waals surface area contributed by atoms with Gasteiger partial charge in [0.1, 0.15) is 11.4 Å². The minimum absolute atomic E-state index is 0.0674. The molecule has 0 fully saturated rings. The summed E-state index contributed by atoms with van der Waals surface area (Å²) in [5.41, 5.74) is 4.66. The van der Waals surface area contributed by atoms with Gasteiger partial charge in [0, 0.05) is 30.1 Å². The average molecular weight is 402 g/mol. The van der Waals surface area contributed by atoms with Gasteiger partial charge in [-0.05, 0) is 24.3 Å². The number of fused-ring (bicyclic) bond motifs is 1. The van der Waals surface area contributed by atoms with Crippen molar-refractivity contribution in [3.63, 3.8) is 0 Å². The van der Waals surface area contributed by atoms with Crippen molar-refractivity contribution in [3.8, 4) is 22.8 Å². The Morgan fingerprint density at radius 3 is 2.67 bits per heavy atom. The number of amides is 1. The number of rotatable bonds is 6. The predicted molar refractivity (Wildman–Crippen MR) is 110 cm³/mol. The standard InChI is InChI=1S/C21H18N6O3/c1-14(28)26-27(30-20-10-11-22-18-9-4-3-8-17(18)20)21-23-13-19(24-25-21)15-6-5-7-16(12-15)29-2/h3-13H,1-2H3,(H,26,28). The van der Waals surface area contributed by atoms with Gasteiger partial charge in [0.2, 0.25) is 5.91 Å². The Hall–Kier alpha value is -4.27. The number of carbonyl (C=O) groups excluding carboxylic acids is 1. The zero-order valence-electron chi connectivity index (χ0n) is 16.3. The number of nitrogens with one attached hydrogen (secondary N) is 1. The lowest BCUT2D eigenvalue weighted by molar-refractivity contribution is -0.120. The van der Waals surface area contributed by atoms with E-state index in [2.05, 4.69) is 25.6 Å². The molecule has 0 aliphatic carbocycles. The van der Waals surface area contributed by atoms with Gasteiger partial charge >= 0.3 is 5.95 Å². The van der Waals surface area contributed by atoms with E-state index in [0.717, 1.165) is 21.6 Å². The normalized spacial score (nSPS) is 10.5. The highest BCUT2D eigenvalue weighted by Crippen LogP contribution is 2.25. The Balaban J connectivity index is 1.64. The van der Waals surface area contributed by atoms with Crippen LogP contribution in [0.15, 0.2) is 67.0 Å². The van der Waals surface area contributed by atoms with Crippen LogP contribution in [0.5, 0.6) is 11.5 Å². The second kappa shape index (κ2) is 8.39. The summed E-state index contributed by atoms with van der Waals surface area (Å²) in [6, 6.07) is 16.6. The first-order valence-electron chi connectivity index (χ1n) is 9.07. The number of hydrogen-bond acceptors (Lipinski definition) is 8. The SMILES string of the molecule is COc1cccc(-c2cnc(N(NC(C)=O)Oc3ccnc4ccccc34)nn2)c1. The van der Waals surface area contributed by atoms with E-state index >= 15 is 0 Å². The van der Waals surface area contributed by atoms with Crippen molar-refractivity contribution in [2.24, 2.45) is 0 Å². The highest BCUT2D eigenvalue weighted by molar-refractivity contribution is 5.84. The third-order valence-corrected chi connectivity index (χ3v) is 4.15. The lowest BCUT2D eigenvalue weighted by Crippen LogP contribution is -2.45. The van der Waals surface area contributed by atoms with Crippen LogP contribution in [0, 0.1) is 0 Å². The van der Waals surface area contributed by atoms with Gasteiger partial charge in [0.05, 0.1) is 18.8 Å². The van der Waals surface area contributed by atoms with E-state index in [9.17, 15) is 4.79 Å². The van der Waals surface area contributed by atoms with Gasteiger partial charge in [-0.2, -0.15) is 0 Å². The van der Waals surface area contributed by atoms with Gasteiger partial charge in [-0.3, -0.25) is 9.78 Å². The van der Waals surface area contributed by atoms with Crippen LogP contribution in [0.4, 0.5) is 5.95 Å². The van der Waals surface area contributed by atoms with Crippen LogP contribution in [0.2, 0.25) is 0 Å². The Morgan fingerprint density at radius 1 is 1.03 bits per heavy atom. The Morgan fingerprint density at radius 2 is 1.90 bits per heavy atom. The van der Waals surface area contributed by atoms with Crippen LogP contribution in [-0.2, 0) is 4.79 Å². The van der Waals surface area contributed by atoms with Crippen molar-refractivity contribution in [1.82, 2.24) is 25.6 Å². The average Bonchev–Trinajstić information content (AvgIpc) is 2.79. The summed E-state index contributed by atoms with van der Waals surface area (Å²) < 4.78 is 5.23. The van der Waals surface area contributed by atoms with Gasteiger partial charge in [0.25, 0.3) is 0 Å². The Bertz CT molecular complexity index is 1180. The van der Waals surface area contributed by atoms with Crippen LogP contribution in [0.1, 0.15) is 6.92 Å². The fourth-order valence-corrected chi connectivity index (χ4v) is 2.78. The summed E-state index contributed by atoms with van der Waals surface area (Å²) in [5, 5.41) is 10.2. The van der Waals surface area contributed by atoms with Crippen molar-refractivity contribution < 1.29 is 14.4 Å². The number of anilines is 1. The number of carbonyl (C=O) groups is 1. The molecule has 0 aliphatic rings. The van der Waals surface area contributed by atoms with Crippen LogP contribution < -0.4 is 20.2 Å². The fraction of sp³-hybridized carbons (Fsp3) is 0.0952. The molecule has 4 aromatic rings. The molecular weight excluding hydrogens is 384 g/mol. The van der Waals surface area contributed by atoms with E-state index in [1.54, 1.807) is 25.6 Å². The zero-order valence-corrected chi connectivity index (χ0v) is 16.3. The van der Waals surface area contributed by atoms with E-state index in [-0.39, 0.29) is 11.9 Å². The number of benzene rings is 2. The van der Waals surface area contributed by atoms with Gasteiger partial charge in [-0.1, -0.05) is 29.4 Å². The molecule has 0 spiro atoms. The molecule has 0 bridgehead atoms. The first-order valence-corrected chi connectivity index (χ1v) is 9.07. The number of hydrazine groups is 1. The first kappa shape index (κ1) is 19.1. The number of para-hydroxylation sites is 1. The number of methoxy groups -OCH3 is 1. The molecule has 4 rings (SSSR count). The molecule has 0 saturated heterocycles. The molecule has 9 heteroatoms. The third-order valence-electron chi connectivity index (χ3n) is 4.15. The van der Waals surface area contributed by atoms with Gasteiger partial charge in [0.15, 0.2) is 5.75 Å². The minimum Gasteiger partial charge on any atom is -0.497 e. The van der Waals surface area contributed by atoms with E-state index in [4.69, 9.17) is 9.57 Å². The van der Waals surface area contributed by atoms with Crippen molar-refractivity contribution in [3.05, 3.63) is 67.0 Å². The molecular formula is C21H18N6O3. The molecule has 2 heterocycles. The molecule has 0 atom stereocenters. The third kappa shape index (κ3) is 4.09. The lowest BCUT2D eigenvalue weighted by atomic mass is 10.1. The molecule has 1 N–H and O–H groups in total. The summed E-state index contributed by atoms with van der Waals surface area (Å²) in [7, 11) is 1.59. The van der Waals surface area contributed by atoms with E-state index in [1.165, 1.54) is 6.92 Å². The number of hydrogen-bond donors (Lipinski definition) is 1. The number of pyridine rings is 1. The van der Waals surface area contributed by atoms with Gasteiger partial charge in [-0.15, -0.1) is 10.2 Å².